The summed E-state index contributed by atoms with van der Waals surface area (Å²) < 4.78 is 1.45. The lowest BCUT2D eigenvalue weighted by molar-refractivity contribution is -0.115. The molecule has 0 unspecified atom stereocenters. The maximum atomic E-state index is 11.6. The molecule has 0 saturated heterocycles. The summed E-state index contributed by atoms with van der Waals surface area (Å²) in [5.74, 6) is -0.355. The highest BCUT2D eigenvalue weighted by molar-refractivity contribution is 9.10. The van der Waals surface area contributed by atoms with Crippen molar-refractivity contribution in [3.8, 4) is 6.07 Å². The maximum absolute atomic E-state index is 11.6. The Kier molecular flexibility index (Phi) is 8.85. The van der Waals surface area contributed by atoms with Gasteiger partial charge < -0.3 is 10.6 Å². The summed E-state index contributed by atoms with van der Waals surface area (Å²) >= 11 is 6.65. The molecule has 0 saturated carbocycles. The fraction of sp³-hybridized carbons (Fsp3) is 0.200. The monoisotopic (exact) mass is 473 g/mol. The van der Waals surface area contributed by atoms with Crippen molar-refractivity contribution < 1.29 is 4.79 Å². The molecule has 2 aromatic rings. The number of anilines is 1. The predicted octanol–water partition coefficient (Wildman–Crippen LogP) is 3.57. The molecule has 24 heavy (non-hydrogen) atoms. The predicted molar refractivity (Wildman–Crippen MR) is 101 cm³/mol. The van der Waals surface area contributed by atoms with E-state index in [1.54, 1.807) is 12.1 Å². The van der Waals surface area contributed by atoms with Crippen LogP contribution in [0.4, 0.5) is 5.69 Å². The van der Waals surface area contributed by atoms with Gasteiger partial charge in [0.25, 0.3) is 0 Å². The van der Waals surface area contributed by atoms with Gasteiger partial charge in [-0.15, -0.1) is 12.4 Å². The van der Waals surface area contributed by atoms with E-state index < -0.39 is 0 Å². The van der Waals surface area contributed by atoms with Gasteiger partial charge in [0.15, 0.2) is 0 Å². The van der Waals surface area contributed by atoms with Crippen LogP contribution in [-0.4, -0.2) is 15.9 Å². The van der Waals surface area contributed by atoms with Crippen LogP contribution in [0.5, 0.6) is 0 Å². The van der Waals surface area contributed by atoms with Crippen molar-refractivity contribution >= 4 is 55.9 Å². The number of pyridine rings is 2. The first-order chi connectivity index (χ1) is 11.1. The van der Waals surface area contributed by atoms with E-state index in [9.17, 15) is 4.79 Å². The van der Waals surface area contributed by atoms with Gasteiger partial charge in [0.05, 0.1) is 23.1 Å². The fourth-order valence-electron chi connectivity index (χ4n) is 1.85. The molecule has 0 radical (unpaired) electrons. The van der Waals surface area contributed by atoms with E-state index >= 15 is 0 Å². The molecular weight excluding hydrogens is 461 g/mol. The standard InChI is InChI=1S/C15H13Br2N5O.ClH/c16-13-3-1-2-10(20-13)8-19-9-12-11(4-5-14(17)21-12)22-15(23)6-7-18;/h1-5,19H,6,8-9H2,(H,22,23);1H. The Morgan fingerprint density at radius 2 is 1.88 bits per heavy atom. The molecule has 0 spiro atoms. The number of carbonyl (C=O) groups excluding carboxylic acids is 1. The molecule has 0 aliphatic carbocycles. The Labute approximate surface area is 162 Å². The molecule has 9 heteroatoms. The van der Waals surface area contributed by atoms with E-state index in [1.807, 2.05) is 24.3 Å². The topological polar surface area (TPSA) is 90.7 Å². The Hall–Kier alpha value is -1.53. The number of rotatable bonds is 6. The van der Waals surface area contributed by atoms with Crippen molar-refractivity contribution in [3.63, 3.8) is 0 Å². The summed E-state index contributed by atoms with van der Waals surface area (Å²) in [5, 5.41) is 14.5. The second-order valence-corrected chi connectivity index (χ2v) is 6.19. The molecular formula is C15H14Br2ClN5O. The first-order valence-electron chi connectivity index (χ1n) is 6.73. The highest BCUT2D eigenvalue weighted by atomic mass is 79.9. The van der Waals surface area contributed by atoms with E-state index in [4.69, 9.17) is 5.26 Å². The molecule has 126 valence electrons. The van der Waals surface area contributed by atoms with Crippen LogP contribution in [0.2, 0.25) is 0 Å². The highest BCUT2D eigenvalue weighted by Crippen LogP contribution is 2.17. The Morgan fingerprint density at radius 1 is 1.12 bits per heavy atom. The van der Waals surface area contributed by atoms with Gasteiger partial charge in [-0.25, -0.2) is 9.97 Å². The average molecular weight is 476 g/mol. The zero-order valence-corrected chi connectivity index (χ0v) is 16.4. The van der Waals surface area contributed by atoms with Crippen LogP contribution < -0.4 is 10.6 Å². The lowest BCUT2D eigenvalue weighted by atomic mass is 10.2. The number of nitriles is 1. The Balaban J connectivity index is 0.00000288. The van der Waals surface area contributed by atoms with Gasteiger partial charge >= 0.3 is 0 Å². The molecule has 2 heterocycles. The smallest absolute Gasteiger partial charge is 0.238 e. The highest BCUT2D eigenvalue weighted by Gasteiger charge is 2.09. The molecule has 0 aliphatic heterocycles. The maximum Gasteiger partial charge on any atom is 0.238 e. The van der Waals surface area contributed by atoms with Gasteiger partial charge in [-0.1, -0.05) is 6.07 Å². The summed E-state index contributed by atoms with van der Waals surface area (Å²) in [4.78, 5) is 20.3. The van der Waals surface area contributed by atoms with Crippen LogP contribution in [0.1, 0.15) is 17.8 Å². The molecule has 2 rings (SSSR count). The fourth-order valence-corrected chi connectivity index (χ4v) is 2.57. The first-order valence-corrected chi connectivity index (χ1v) is 8.31. The van der Waals surface area contributed by atoms with Crippen LogP contribution in [0.3, 0.4) is 0 Å². The molecule has 0 fully saturated rings. The van der Waals surface area contributed by atoms with Gasteiger partial charge in [0.1, 0.15) is 15.6 Å². The molecule has 0 aromatic carbocycles. The quantitative estimate of drug-likeness (QED) is 0.624. The van der Waals surface area contributed by atoms with Crippen molar-refractivity contribution in [2.24, 2.45) is 0 Å². The van der Waals surface area contributed by atoms with Crippen molar-refractivity contribution in [2.45, 2.75) is 19.5 Å². The van der Waals surface area contributed by atoms with Gasteiger partial charge in [-0.2, -0.15) is 5.26 Å². The number of aromatic nitrogens is 2. The molecule has 2 N–H and O–H groups in total. The summed E-state index contributed by atoms with van der Waals surface area (Å²) in [5.41, 5.74) is 2.16. The number of halogens is 3. The summed E-state index contributed by atoms with van der Waals surface area (Å²) in [7, 11) is 0. The number of carbonyl (C=O) groups is 1. The largest absolute Gasteiger partial charge is 0.324 e. The lowest BCUT2D eigenvalue weighted by Gasteiger charge is -2.11. The molecule has 0 bridgehead atoms. The molecule has 0 atom stereocenters. The Morgan fingerprint density at radius 3 is 2.58 bits per heavy atom. The van der Waals surface area contributed by atoms with E-state index in [-0.39, 0.29) is 24.7 Å². The molecule has 0 aliphatic rings. The number of nitrogens with one attached hydrogen (secondary N) is 2. The SMILES string of the molecule is Cl.N#CCC(=O)Nc1ccc(Br)nc1CNCc1cccc(Br)n1. The van der Waals surface area contributed by atoms with Crippen molar-refractivity contribution in [2.75, 3.05) is 5.32 Å². The molecule has 6 nitrogen and oxygen atoms in total. The average Bonchev–Trinajstić information content (AvgIpc) is 2.50. The normalized spacial score (nSPS) is 9.71. The first kappa shape index (κ1) is 20.5. The van der Waals surface area contributed by atoms with Gasteiger partial charge in [0, 0.05) is 13.1 Å². The van der Waals surface area contributed by atoms with Gasteiger partial charge in [-0.3, -0.25) is 4.79 Å². The van der Waals surface area contributed by atoms with Crippen molar-refractivity contribution in [3.05, 3.63) is 50.9 Å². The van der Waals surface area contributed by atoms with Gasteiger partial charge in [-0.05, 0) is 56.1 Å². The summed E-state index contributed by atoms with van der Waals surface area (Å²) in [6.07, 6.45) is -0.190. The second kappa shape index (κ2) is 10.4. The number of amides is 1. The van der Waals surface area contributed by atoms with Crippen LogP contribution >= 0.6 is 44.3 Å². The minimum absolute atomic E-state index is 0. The van der Waals surface area contributed by atoms with Crippen LogP contribution in [0, 0.1) is 11.3 Å². The van der Waals surface area contributed by atoms with Gasteiger partial charge in [0.2, 0.25) is 5.91 Å². The van der Waals surface area contributed by atoms with Crippen molar-refractivity contribution in [1.82, 2.24) is 15.3 Å². The Bertz CT molecular complexity index is 751. The van der Waals surface area contributed by atoms with Crippen molar-refractivity contribution in [1.29, 1.82) is 5.26 Å². The van der Waals surface area contributed by atoms with E-state index in [0.29, 0.717) is 29.1 Å². The summed E-state index contributed by atoms with van der Waals surface area (Å²) in [6.45, 7) is 1.02. The third-order valence-electron chi connectivity index (χ3n) is 2.83. The lowest BCUT2D eigenvalue weighted by Crippen LogP contribution is -2.18. The number of hydrogen-bond donors (Lipinski definition) is 2. The number of hydrogen-bond acceptors (Lipinski definition) is 5. The molecule has 1 amide bonds. The number of nitrogens with zero attached hydrogens (tertiary/aromatic N) is 3. The van der Waals surface area contributed by atoms with Crippen LogP contribution in [0.15, 0.2) is 39.5 Å². The third-order valence-corrected chi connectivity index (χ3v) is 3.71. The van der Waals surface area contributed by atoms with E-state index in [2.05, 4.69) is 52.5 Å². The van der Waals surface area contributed by atoms with Crippen LogP contribution in [0.25, 0.3) is 0 Å². The third kappa shape index (κ3) is 6.53. The second-order valence-electron chi connectivity index (χ2n) is 4.57. The van der Waals surface area contributed by atoms with E-state index in [0.717, 1.165) is 10.3 Å². The zero-order valence-electron chi connectivity index (χ0n) is 12.4. The molecule has 2 aromatic heterocycles. The summed E-state index contributed by atoms with van der Waals surface area (Å²) in [6, 6.07) is 11.0. The zero-order chi connectivity index (χ0) is 16.7. The van der Waals surface area contributed by atoms with Crippen LogP contribution in [-0.2, 0) is 17.9 Å². The van der Waals surface area contributed by atoms with E-state index in [1.165, 1.54) is 0 Å². The minimum atomic E-state index is -0.355. The minimum Gasteiger partial charge on any atom is -0.324 e.